The summed E-state index contributed by atoms with van der Waals surface area (Å²) in [5.74, 6) is 0. The number of rotatable bonds is 2. The molecule has 3 rings (SSSR count). The second-order valence-electron chi connectivity index (χ2n) is 4.83. The Morgan fingerprint density at radius 1 is 0.889 bits per heavy atom. The first kappa shape index (κ1) is 11.0. The monoisotopic (exact) mass is 232 g/mol. The summed E-state index contributed by atoms with van der Waals surface area (Å²) >= 11 is 0. The van der Waals surface area contributed by atoms with Crippen molar-refractivity contribution < 1.29 is 0 Å². The SMILES string of the molecule is CC1=Cc2c(C=Cc3ccccc3)cccc2C1. The van der Waals surface area contributed by atoms with E-state index in [4.69, 9.17) is 0 Å². The van der Waals surface area contributed by atoms with Crippen LogP contribution >= 0.6 is 0 Å². The van der Waals surface area contributed by atoms with Crippen molar-refractivity contribution >= 4 is 18.2 Å². The van der Waals surface area contributed by atoms with Gasteiger partial charge in [-0.1, -0.05) is 72.3 Å². The van der Waals surface area contributed by atoms with Crippen molar-refractivity contribution in [3.05, 3.63) is 76.4 Å². The van der Waals surface area contributed by atoms with Crippen molar-refractivity contribution in [2.24, 2.45) is 0 Å². The second kappa shape index (κ2) is 4.66. The summed E-state index contributed by atoms with van der Waals surface area (Å²) in [7, 11) is 0. The van der Waals surface area contributed by atoms with Gasteiger partial charge in [-0.3, -0.25) is 0 Å². The Hall–Kier alpha value is -2.08. The van der Waals surface area contributed by atoms with E-state index in [-0.39, 0.29) is 0 Å². The Labute approximate surface area is 108 Å². The van der Waals surface area contributed by atoms with Gasteiger partial charge >= 0.3 is 0 Å². The van der Waals surface area contributed by atoms with Crippen LogP contribution in [-0.4, -0.2) is 0 Å². The van der Waals surface area contributed by atoms with Crippen LogP contribution in [0.15, 0.2) is 54.1 Å². The Kier molecular flexibility index (Phi) is 2.85. The second-order valence-corrected chi connectivity index (χ2v) is 4.83. The van der Waals surface area contributed by atoms with Crippen molar-refractivity contribution in [2.45, 2.75) is 13.3 Å². The van der Waals surface area contributed by atoms with Crippen molar-refractivity contribution in [3.63, 3.8) is 0 Å². The summed E-state index contributed by atoms with van der Waals surface area (Å²) in [5, 5.41) is 0. The van der Waals surface area contributed by atoms with Crippen LogP contribution in [0.4, 0.5) is 0 Å². The third-order valence-electron chi connectivity index (χ3n) is 3.35. The molecule has 88 valence electrons. The molecule has 0 spiro atoms. The smallest absolute Gasteiger partial charge is 0.00604 e. The molecule has 0 heterocycles. The van der Waals surface area contributed by atoms with Crippen molar-refractivity contribution in [1.82, 2.24) is 0 Å². The molecule has 0 radical (unpaired) electrons. The van der Waals surface area contributed by atoms with Crippen LogP contribution in [-0.2, 0) is 6.42 Å². The van der Waals surface area contributed by atoms with Crippen LogP contribution in [0.3, 0.4) is 0 Å². The molecule has 0 saturated heterocycles. The maximum absolute atomic E-state index is 2.31. The molecule has 0 amide bonds. The standard InChI is InChI=1S/C18H16/c1-14-12-17-9-5-8-16(18(17)13-14)11-10-15-6-3-2-4-7-15/h2-11,13H,12H2,1H3. The Balaban J connectivity index is 1.95. The minimum Gasteiger partial charge on any atom is -0.0683 e. The van der Waals surface area contributed by atoms with Gasteiger partial charge in [-0.25, -0.2) is 0 Å². The van der Waals surface area contributed by atoms with Gasteiger partial charge < -0.3 is 0 Å². The molecular formula is C18H16. The fourth-order valence-electron chi connectivity index (χ4n) is 2.46. The molecular weight excluding hydrogens is 216 g/mol. The fraction of sp³-hybridized carbons (Fsp3) is 0.111. The summed E-state index contributed by atoms with van der Waals surface area (Å²) in [6, 6.07) is 17.0. The number of allylic oxidation sites excluding steroid dienone is 1. The summed E-state index contributed by atoms with van der Waals surface area (Å²) in [6.45, 7) is 2.20. The molecule has 0 nitrogen and oxygen atoms in total. The number of benzene rings is 2. The first-order chi connectivity index (χ1) is 8.83. The highest BCUT2D eigenvalue weighted by molar-refractivity contribution is 5.78. The van der Waals surface area contributed by atoms with E-state index in [1.165, 1.54) is 27.8 Å². The molecule has 2 aromatic carbocycles. The van der Waals surface area contributed by atoms with Crippen LogP contribution in [0.5, 0.6) is 0 Å². The van der Waals surface area contributed by atoms with Crippen LogP contribution in [0.1, 0.15) is 29.2 Å². The lowest BCUT2D eigenvalue weighted by molar-refractivity contribution is 1.19. The van der Waals surface area contributed by atoms with E-state index < -0.39 is 0 Å². The molecule has 0 N–H and O–H groups in total. The fourth-order valence-corrected chi connectivity index (χ4v) is 2.46. The molecule has 0 unspecified atom stereocenters. The molecule has 2 aromatic rings. The molecule has 0 aromatic heterocycles. The first-order valence-electron chi connectivity index (χ1n) is 6.35. The largest absolute Gasteiger partial charge is 0.0683 e. The zero-order valence-corrected chi connectivity index (χ0v) is 10.6. The van der Waals surface area contributed by atoms with E-state index in [1.54, 1.807) is 0 Å². The van der Waals surface area contributed by atoms with Gasteiger partial charge in [0.25, 0.3) is 0 Å². The lowest BCUT2D eigenvalue weighted by atomic mass is 10.0. The first-order valence-corrected chi connectivity index (χ1v) is 6.35. The topological polar surface area (TPSA) is 0 Å². The predicted octanol–water partition coefficient (Wildman–Crippen LogP) is 4.82. The Morgan fingerprint density at radius 3 is 2.56 bits per heavy atom. The average Bonchev–Trinajstić information content (AvgIpc) is 2.78. The lowest BCUT2D eigenvalue weighted by Crippen LogP contribution is -1.85. The molecule has 0 fully saturated rings. The molecule has 18 heavy (non-hydrogen) atoms. The number of hydrogen-bond donors (Lipinski definition) is 0. The lowest BCUT2D eigenvalue weighted by Gasteiger charge is -2.02. The maximum Gasteiger partial charge on any atom is -0.00604 e. The minimum atomic E-state index is 1.10. The normalized spacial score (nSPS) is 13.7. The third-order valence-corrected chi connectivity index (χ3v) is 3.35. The summed E-state index contributed by atoms with van der Waals surface area (Å²) < 4.78 is 0. The maximum atomic E-state index is 2.31. The molecule has 0 aliphatic heterocycles. The highest BCUT2D eigenvalue weighted by atomic mass is 14.2. The summed E-state index contributed by atoms with van der Waals surface area (Å²) in [4.78, 5) is 0. The van der Waals surface area contributed by atoms with E-state index in [1.807, 2.05) is 6.07 Å². The van der Waals surface area contributed by atoms with Crippen LogP contribution in [0.25, 0.3) is 18.2 Å². The molecule has 0 atom stereocenters. The molecule has 1 aliphatic rings. The van der Waals surface area contributed by atoms with Crippen LogP contribution in [0.2, 0.25) is 0 Å². The Bertz CT molecular complexity index is 616. The van der Waals surface area contributed by atoms with E-state index >= 15 is 0 Å². The summed E-state index contributed by atoms with van der Waals surface area (Å²) in [5.41, 5.74) is 6.84. The van der Waals surface area contributed by atoms with Gasteiger partial charge in [-0.2, -0.15) is 0 Å². The third kappa shape index (κ3) is 2.14. The van der Waals surface area contributed by atoms with Crippen molar-refractivity contribution in [1.29, 1.82) is 0 Å². The van der Waals surface area contributed by atoms with Gasteiger partial charge in [-0.05, 0) is 35.6 Å². The average molecular weight is 232 g/mol. The van der Waals surface area contributed by atoms with Gasteiger partial charge in [0, 0.05) is 0 Å². The highest BCUT2D eigenvalue weighted by Crippen LogP contribution is 2.28. The molecule has 0 saturated carbocycles. The van der Waals surface area contributed by atoms with Gasteiger partial charge in [-0.15, -0.1) is 0 Å². The highest BCUT2D eigenvalue weighted by Gasteiger charge is 2.11. The minimum absolute atomic E-state index is 1.10. The molecule has 0 bridgehead atoms. The van der Waals surface area contributed by atoms with Crippen molar-refractivity contribution in [3.8, 4) is 0 Å². The summed E-state index contributed by atoms with van der Waals surface area (Å²) in [6.07, 6.45) is 7.79. The van der Waals surface area contributed by atoms with Crippen molar-refractivity contribution in [2.75, 3.05) is 0 Å². The zero-order chi connectivity index (χ0) is 12.4. The van der Waals surface area contributed by atoms with Crippen LogP contribution < -0.4 is 0 Å². The van der Waals surface area contributed by atoms with Gasteiger partial charge in [0.2, 0.25) is 0 Å². The zero-order valence-electron chi connectivity index (χ0n) is 10.6. The van der Waals surface area contributed by atoms with E-state index in [0.29, 0.717) is 0 Å². The Morgan fingerprint density at radius 2 is 1.72 bits per heavy atom. The molecule has 0 heteroatoms. The van der Waals surface area contributed by atoms with Gasteiger partial charge in [0.05, 0.1) is 0 Å². The quantitative estimate of drug-likeness (QED) is 0.651. The predicted molar refractivity (Wildman–Crippen MR) is 79.2 cm³/mol. The van der Waals surface area contributed by atoms with E-state index in [9.17, 15) is 0 Å². The number of hydrogen-bond acceptors (Lipinski definition) is 0. The van der Waals surface area contributed by atoms with Crippen LogP contribution in [0, 0.1) is 0 Å². The van der Waals surface area contributed by atoms with Gasteiger partial charge in [0.15, 0.2) is 0 Å². The number of fused-ring (bicyclic) bond motifs is 1. The van der Waals surface area contributed by atoms with Gasteiger partial charge in [0.1, 0.15) is 0 Å². The van der Waals surface area contributed by atoms with E-state index in [2.05, 4.69) is 67.6 Å². The molecule has 1 aliphatic carbocycles. The van der Waals surface area contributed by atoms with E-state index in [0.717, 1.165) is 6.42 Å².